The molecule has 11 heteroatoms. The van der Waals surface area contributed by atoms with Crippen molar-refractivity contribution in [3.8, 4) is 17.0 Å². The Bertz CT molecular complexity index is 1370. The van der Waals surface area contributed by atoms with E-state index in [0.717, 1.165) is 11.3 Å². The summed E-state index contributed by atoms with van der Waals surface area (Å²) in [6.07, 6.45) is 2.27. The molecule has 0 radical (unpaired) electrons. The quantitative estimate of drug-likeness (QED) is 0.487. The van der Waals surface area contributed by atoms with E-state index in [1.54, 1.807) is 30.2 Å². The molecule has 1 aromatic carbocycles. The Morgan fingerprint density at radius 3 is 2.77 bits per heavy atom. The summed E-state index contributed by atoms with van der Waals surface area (Å²) in [5.41, 5.74) is 7.68. The first-order chi connectivity index (χ1) is 16.6. The van der Waals surface area contributed by atoms with Crippen molar-refractivity contribution >= 4 is 40.0 Å². The number of hydrogen-bond donors (Lipinski definition) is 3. The van der Waals surface area contributed by atoms with Crippen molar-refractivity contribution in [3.05, 3.63) is 35.9 Å². The number of nitrogen functional groups attached to an aromatic ring is 1. The summed E-state index contributed by atoms with van der Waals surface area (Å²) in [7, 11) is 0. The number of halogens is 1. The first kappa shape index (κ1) is 22.6. The van der Waals surface area contributed by atoms with Gasteiger partial charge in [-0.25, -0.2) is 19.2 Å². The first-order valence-corrected chi connectivity index (χ1v) is 11.1. The Hall–Kier alpha value is -4.15. The molecule has 1 saturated heterocycles. The molecule has 2 aliphatic heterocycles. The zero-order chi connectivity index (χ0) is 24.9. The van der Waals surface area contributed by atoms with Crippen LogP contribution >= 0.6 is 0 Å². The molecular weight excluding hydrogens is 455 g/mol. The van der Waals surface area contributed by atoms with Gasteiger partial charge in [-0.15, -0.1) is 0 Å². The van der Waals surface area contributed by atoms with Crippen LogP contribution in [0.4, 0.5) is 26.4 Å². The van der Waals surface area contributed by atoms with Crippen LogP contribution in [0.5, 0.6) is 5.88 Å². The maximum absolute atomic E-state index is 15.3. The van der Waals surface area contributed by atoms with Crippen LogP contribution in [0.1, 0.15) is 19.4 Å². The molecule has 0 unspecified atom stereocenters. The van der Waals surface area contributed by atoms with Crippen LogP contribution in [-0.4, -0.2) is 58.7 Å². The highest BCUT2D eigenvalue weighted by Crippen LogP contribution is 2.39. The van der Waals surface area contributed by atoms with Crippen molar-refractivity contribution in [2.75, 3.05) is 42.6 Å². The Kier molecular flexibility index (Phi) is 5.34. The van der Waals surface area contributed by atoms with Crippen molar-refractivity contribution in [3.63, 3.8) is 0 Å². The van der Waals surface area contributed by atoms with E-state index in [4.69, 9.17) is 15.2 Å². The van der Waals surface area contributed by atoms with Crippen molar-refractivity contribution in [1.82, 2.24) is 14.9 Å². The van der Waals surface area contributed by atoms with Gasteiger partial charge in [0.1, 0.15) is 23.7 Å². The fraction of sp³-hybridized carbons (Fsp3) is 0.333. The van der Waals surface area contributed by atoms with Gasteiger partial charge in [0.15, 0.2) is 5.82 Å². The van der Waals surface area contributed by atoms with Crippen molar-refractivity contribution in [2.45, 2.75) is 26.4 Å². The van der Waals surface area contributed by atoms with E-state index in [9.17, 15) is 9.59 Å². The minimum absolute atomic E-state index is 0.0493. The number of amides is 2. The molecule has 2 aromatic heterocycles. The van der Waals surface area contributed by atoms with Gasteiger partial charge in [0.05, 0.1) is 18.8 Å². The van der Waals surface area contributed by atoms with Gasteiger partial charge in [0.25, 0.3) is 0 Å². The van der Waals surface area contributed by atoms with E-state index in [0.29, 0.717) is 48.5 Å². The minimum Gasteiger partial charge on any atom is -0.474 e. The van der Waals surface area contributed by atoms with E-state index < -0.39 is 17.5 Å². The molecule has 0 bridgehead atoms. The van der Waals surface area contributed by atoms with Crippen LogP contribution in [-0.2, 0) is 9.53 Å². The highest BCUT2D eigenvalue weighted by atomic mass is 19.1. The topological polar surface area (TPSA) is 132 Å². The smallest absolute Gasteiger partial charge is 0.413 e. The fourth-order valence-corrected chi connectivity index (χ4v) is 4.46. The van der Waals surface area contributed by atoms with Gasteiger partial charge in [-0.1, -0.05) is 0 Å². The average molecular weight is 481 g/mol. The monoisotopic (exact) mass is 480 g/mol. The van der Waals surface area contributed by atoms with Crippen LogP contribution in [0, 0.1) is 12.7 Å². The van der Waals surface area contributed by atoms with E-state index in [1.807, 2.05) is 6.92 Å². The number of ether oxygens (including phenoxy) is 2. The van der Waals surface area contributed by atoms with Crippen molar-refractivity contribution < 1.29 is 23.5 Å². The fourth-order valence-electron chi connectivity index (χ4n) is 4.46. The SMILES string of the molecule is CC(=O)N1CC(C)(OC(=O)Nc2cc3cc(-c4cnc5c(c4C)NCCO5)c(F)c(N)c3cn2)C1. The molecule has 0 spiro atoms. The number of carbonyl (C=O) groups is 2. The number of nitrogens with zero attached hydrogens (tertiary/aromatic N) is 3. The average Bonchev–Trinajstić information content (AvgIpc) is 2.80. The second-order valence-corrected chi connectivity index (χ2v) is 9.03. The van der Waals surface area contributed by atoms with Gasteiger partial charge in [-0.2, -0.15) is 0 Å². The van der Waals surface area contributed by atoms with Crippen molar-refractivity contribution in [1.29, 1.82) is 0 Å². The van der Waals surface area contributed by atoms with Crippen molar-refractivity contribution in [2.24, 2.45) is 0 Å². The molecule has 3 aromatic rings. The summed E-state index contributed by atoms with van der Waals surface area (Å²) in [6, 6.07) is 3.25. The molecule has 1 fully saturated rings. The lowest BCUT2D eigenvalue weighted by Crippen LogP contribution is -2.63. The van der Waals surface area contributed by atoms with Crippen LogP contribution in [0.25, 0.3) is 21.9 Å². The molecule has 2 aliphatic rings. The maximum Gasteiger partial charge on any atom is 0.413 e. The van der Waals surface area contributed by atoms with Gasteiger partial charge in [0, 0.05) is 42.4 Å². The van der Waals surface area contributed by atoms with Gasteiger partial charge in [0.2, 0.25) is 11.8 Å². The lowest BCUT2D eigenvalue weighted by Gasteiger charge is -2.46. The summed E-state index contributed by atoms with van der Waals surface area (Å²) in [4.78, 5) is 33.9. The predicted molar refractivity (Wildman–Crippen MR) is 129 cm³/mol. The third-order valence-corrected chi connectivity index (χ3v) is 6.30. The second kappa shape index (κ2) is 8.26. The van der Waals surface area contributed by atoms with Gasteiger partial charge < -0.3 is 25.4 Å². The van der Waals surface area contributed by atoms with E-state index in [1.165, 1.54) is 13.1 Å². The van der Waals surface area contributed by atoms with Crippen LogP contribution in [0.15, 0.2) is 24.5 Å². The number of pyridine rings is 2. The molecular formula is C24H25FN6O4. The lowest BCUT2D eigenvalue weighted by atomic mass is 9.96. The van der Waals surface area contributed by atoms with Crippen LogP contribution in [0.3, 0.4) is 0 Å². The molecule has 35 heavy (non-hydrogen) atoms. The van der Waals surface area contributed by atoms with Crippen LogP contribution < -0.4 is 21.1 Å². The molecule has 0 atom stereocenters. The number of rotatable bonds is 3. The standard InChI is InChI=1S/C24H25FN6O4/c1-12-16(8-29-22-21(12)27-4-5-34-22)15-6-14-7-18(28-9-17(14)20(26)19(15)25)30-23(33)35-24(3)10-31(11-24)13(2)32/h6-9,27H,4-5,10-11,26H2,1-3H3,(H,28,30,33). The van der Waals surface area contributed by atoms with Gasteiger partial charge in [-0.3, -0.25) is 10.1 Å². The summed E-state index contributed by atoms with van der Waals surface area (Å²) < 4.78 is 26.4. The highest BCUT2D eigenvalue weighted by molar-refractivity contribution is 5.99. The number of aromatic nitrogens is 2. The minimum atomic E-state index is -0.762. The second-order valence-electron chi connectivity index (χ2n) is 9.03. The van der Waals surface area contributed by atoms with Crippen LogP contribution in [0.2, 0.25) is 0 Å². The molecule has 2 amide bonds. The Balaban J connectivity index is 1.43. The number of anilines is 3. The molecule has 0 aliphatic carbocycles. The summed E-state index contributed by atoms with van der Waals surface area (Å²) >= 11 is 0. The zero-order valence-corrected chi connectivity index (χ0v) is 19.6. The summed E-state index contributed by atoms with van der Waals surface area (Å²) in [5.74, 6) is 0.0542. The molecule has 4 N–H and O–H groups in total. The number of nitrogens with one attached hydrogen (secondary N) is 2. The largest absolute Gasteiger partial charge is 0.474 e. The highest BCUT2D eigenvalue weighted by Gasteiger charge is 2.43. The van der Waals surface area contributed by atoms with E-state index in [2.05, 4.69) is 20.6 Å². The molecule has 4 heterocycles. The predicted octanol–water partition coefficient (Wildman–Crippen LogP) is 3.30. The number of hydrogen-bond acceptors (Lipinski definition) is 8. The first-order valence-electron chi connectivity index (χ1n) is 11.1. The normalized spacial score (nSPS) is 15.9. The molecule has 5 rings (SSSR count). The molecule has 0 saturated carbocycles. The van der Waals surface area contributed by atoms with E-state index >= 15 is 4.39 Å². The Morgan fingerprint density at radius 2 is 2.03 bits per heavy atom. The van der Waals surface area contributed by atoms with Gasteiger partial charge >= 0.3 is 6.09 Å². The number of nitrogens with two attached hydrogens (primary N) is 1. The number of fused-ring (bicyclic) bond motifs is 2. The summed E-state index contributed by atoms with van der Waals surface area (Å²) in [5, 5.41) is 6.85. The summed E-state index contributed by atoms with van der Waals surface area (Å²) in [6.45, 7) is 6.88. The molecule has 10 nitrogen and oxygen atoms in total. The Labute approximate surface area is 200 Å². The third kappa shape index (κ3) is 4.02. The number of likely N-dealkylation sites (tertiary alicyclic amines) is 1. The van der Waals surface area contributed by atoms with E-state index in [-0.39, 0.29) is 23.0 Å². The number of carbonyl (C=O) groups excluding carboxylic acids is 2. The Morgan fingerprint density at radius 1 is 1.26 bits per heavy atom. The third-order valence-electron chi connectivity index (χ3n) is 6.30. The van der Waals surface area contributed by atoms with Gasteiger partial charge in [-0.05, 0) is 36.9 Å². The zero-order valence-electron chi connectivity index (χ0n) is 19.6. The molecule has 182 valence electrons. The number of benzene rings is 1. The lowest BCUT2D eigenvalue weighted by molar-refractivity contribution is -0.149. The maximum atomic E-state index is 15.3.